The van der Waals surface area contributed by atoms with Gasteiger partial charge in [-0.15, -0.1) is 0 Å². The first-order chi connectivity index (χ1) is 7.54. The Hall–Kier alpha value is -0.670. The number of aryl methyl sites for hydroxylation is 2. The van der Waals surface area contributed by atoms with Gasteiger partial charge in [-0.05, 0) is 31.5 Å². The first-order valence-electron chi connectivity index (χ1n) is 5.65. The van der Waals surface area contributed by atoms with Gasteiger partial charge in [-0.2, -0.15) is 0 Å². The van der Waals surface area contributed by atoms with Crippen molar-refractivity contribution in [3.05, 3.63) is 34.9 Å². The second kappa shape index (κ2) is 6.16. The number of nitrogens with one attached hydrogen (secondary N) is 1. The fourth-order valence-corrected chi connectivity index (χ4v) is 2.72. The Kier molecular flexibility index (Phi) is 5.16. The smallest absolute Gasteiger partial charge is 0.0439 e. The van der Waals surface area contributed by atoms with Gasteiger partial charge in [0, 0.05) is 28.9 Å². The van der Waals surface area contributed by atoms with E-state index in [9.17, 15) is 4.21 Å². The van der Waals surface area contributed by atoms with Crippen LogP contribution in [0, 0.1) is 13.8 Å². The average molecular weight is 239 g/mol. The van der Waals surface area contributed by atoms with Crippen molar-refractivity contribution in [2.45, 2.75) is 26.8 Å². The largest absolute Gasteiger partial charge is 0.309 e. The van der Waals surface area contributed by atoms with Crippen LogP contribution in [0.2, 0.25) is 0 Å². The van der Waals surface area contributed by atoms with Crippen molar-refractivity contribution < 1.29 is 4.21 Å². The summed E-state index contributed by atoms with van der Waals surface area (Å²) in [4.78, 5) is 0. The lowest BCUT2D eigenvalue weighted by atomic mass is 10.0. The van der Waals surface area contributed by atoms with Gasteiger partial charge < -0.3 is 5.32 Å². The molecule has 16 heavy (non-hydrogen) atoms. The average Bonchev–Trinajstić information content (AvgIpc) is 2.16. The maximum Gasteiger partial charge on any atom is 0.0439 e. The van der Waals surface area contributed by atoms with Gasteiger partial charge in [-0.3, -0.25) is 4.21 Å². The molecule has 0 aliphatic heterocycles. The van der Waals surface area contributed by atoms with E-state index in [1.165, 1.54) is 16.7 Å². The van der Waals surface area contributed by atoms with E-state index in [2.05, 4.69) is 44.3 Å². The molecule has 2 atom stereocenters. The van der Waals surface area contributed by atoms with Gasteiger partial charge in [0.25, 0.3) is 0 Å². The van der Waals surface area contributed by atoms with Crippen LogP contribution in [0.3, 0.4) is 0 Å². The van der Waals surface area contributed by atoms with Gasteiger partial charge in [0.1, 0.15) is 0 Å². The van der Waals surface area contributed by atoms with Gasteiger partial charge in [-0.1, -0.05) is 30.7 Å². The molecule has 90 valence electrons. The summed E-state index contributed by atoms with van der Waals surface area (Å²) < 4.78 is 11.4. The molecule has 1 aromatic rings. The van der Waals surface area contributed by atoms with Crippen LogP contribution in [-0.2, 0) is 10.8 Å². The topological polar surface area (TPSA) is 29.1 Å². The van der Waals surface area contributed by atoms with E-state index >= 15 is 0 Å². The molecule has 0 heterocycles. The van der Waals surface area contributed by atoms with E-state index < -0.39 is 10.8 Å². The Morgan fingerprint density at radius 3 is 2.56 bits per heavy atom. The van der Waals surface area contributed by atoms with E-state index in [0.717, 1.165) is 6.54 Å². The molecular formula is C13H21NOS. The summed E-state index contributed by atoms with van der Waals surface area (Å²) in [6.07, 6.45) is 1.76. The first-order valence-corrected chi connectivity index (χ1v) is 7.38. The monoisotopic (exact) mass is 239 g/mol. The molecule has 1 N–H and O–H groups in total. The summed E-state index contributed by atoms with van der Waals surface area (Å²) in [5.74, 6) is 0.678. The molecule has 0 aliphatic rings. The van der Waals surface area contributed by atoms with Gasteiger partial charge >= 0.3 is 0 Å². The van der Waals surface area contributed by atoms with E-state index in [0.29, 0.717) is 5.75 Å². The zero-order chi connectivity index (χ0) is 12.1. The fourth-order valence-electron chi connectivity index (χ4n) is 1.96. The van der Waals surface area contributed by atoms with Crippen LogP contribution in [0.4, 0.5) is 0 Å². The highest BCUT2D eigenvalue weighted by Crippen LogP contribution is 2.19. The zero-order valence-corrected chi connectivity index (χ0v) is 11.4. The quantitative estimate of drug-likeness (QED) is 0.854. The minimum Gasteiger partial charge on any atom is -0.309 e. The third kappa shape index (κ3) is 3.72. The summed E-state index contributed by atoms with van der Waals surface area (Å²) in [7, 11) is -0.774. The van der Waals surface area contributed by atoms with E-state index in [4.69, 9.17) is 0 Å². The van der Waals surface area contributed by atoms with Crippen LogP contribution in [0.1, 0.15) is 29.7 Å². The Morgan fingerprint density at radius 1 is 1.38 bits per heavy atom. The van der Waals surface area contributed by atoms with Crippen molar-refractivity contribution >= 4 is 10.8 Å². The Balaban J connectivity index is 2.95. The highest BCUT2D eigenvalue weighted by atomic mass is 32.2. The molecule has 0 saturated heterocycles. The fraction of sp³-hybridized carbons (Fsp3) is 0.538. The molecule has 0 aromatic heterocycles. The first kappa shape index (κ1) is 13.4. The van der Waals surface area contributed by atoms with E-state index in [1.54, 1.807) is 6.26 Å². The number of hydrogen-bond acceptors (Lipinski definition) is 2. The summed E-state index contributed by atoms with van der Waals surface area (Å²) in [5, 5.41) is 3.40. The summed E-state index contributed by atoms with van der Waals surface area (Å²) >= 11 is 0. The number of benzene rings is 1. The Labute approximate surface area is 101 Å². The van der Waals surface area contributed by atoms with Crippen LogP contribution in [0.15, 0.2) is 18.2 Å². The molecule has 0 fully saturated rings. The van der Waals surface area contributed by atoms with Crippen molar-refractivity contribution in [3.8, 4) is 0 Å². The lowest BCUT2D eigenvalue weighted by Gasteiger charge is -2.19. The van der Waals surface area contributed by atoms with Crippen molar-refractivity contribution in [2.24, 2.45) is 0 Å². The van der Waals surface area contributed by atoms with Crippen LogP contribution in [0.25, 0.3) is 0 Å². The second-order valence-electron chi connectivity index (χ2n) is 4.21. The highest BCUT2D eigenvalue weighted by Gasteiger charge is 2.13. The minimum absolute atomic E-state index is 0.205. The van der Waals surface area contributed by atoms with Gasteiger partial charge in [0.2, 0.25) is 0 Å². The molecular weight excluding hydrogens is 218 g/mol. The summed E-state index contributed by atoms with van der Waals surface area (Å²) in [6, 6.07) is 6.64. The Bertz CT molecular complexity index is 376. The summed E-state index contributed by atoms with van der Waals surface area (Å²) in [5.41, 5.74) is 3.81. The van der Waals surface area contributed by atoms with E-state index in [-0.39, 0.29) is 6.04 Å². The highest BCUT2D eigenvalue weighted by molar-refractivity contribution is 7.84. The van der Waals surface area contributed by atoms with Crippen LogP contribution >= 0.6 is 0 Å². The Morgan fingerprint density at radius 2 is 2.06 bits per heavy atom. The molecule has 0 aliphatic carbocycles. The zero-order valence-electron chi connectivity index (χ0n) is 10.5. The number of hydrogen-bond donors (Lipinski definition) is 1. The second-order valence-corrected chi connectivity index (χ2v) is 5.69. The molecule has 2 nitrogen and oxygen atoms in total. The normalized spacial score (nSPS) is 14.8. The third-order valence-electron chi connectivity index (χ3n) is 2.65. The maximum atomic E-state index is 11.4. The van der Waals surface area contributed by atoms with Gasteiger partial charge in [-0.25, -0.2) is 0 Å². The van der Waals surface area contributed by atoms with Crippen LogP contribution < -0.4 is 5.32 Å². The molecule has 0 saturated carbocycles. The van der Waals surface area contributed by atoms with Crippen molar-refractivity contribution in [1.29, 1.82) is 0 Å². The molecule has 0 radical (unpaired) electrons. The molecule has 1 aromatic carbocycles. The molecule has 0 bridgehead atoms. The third-order valence-corrected chi connectivity index (χ3v) is 3.46. The lowest BCUT2D eigenvalue weighted by molar-refractivity contribution is 0.593. The minimum atomic E-state index is -0.774. The van der Waals surface area contributed by atoms with Crippen molar-refractivity contribution in [3.63, 3.8) is 0 Å². The van der Waals surface area contributed by atoms with Gasteiger partial charge in [0.15, 0.2) is 0 Å². The van der Waals surface area contributed by atoms with Crippen molar-refractivity contribution in [1.82, 2.24) is 5.32 Å². The van der Waals surface area contributed by atoms with Crippen LogP contribution in [-0.4, -0.2) is 22.8 Å². The predicted octanol–water partition coefficient (Wildman–Crippen LogP) is 2.33. The molecule has 2 unspecified atom stereocenters. The molecule has 0 spiro atoms. The van der Waals surface area contributed by atoms with Crippen molar-refractivity contribution in [2.75, 3.05) is 18.6 Å². The summed E-state index contributed by atoms with van der Waals surface area (Å²) in [6.45, 7) is 7.19. The number of rotatable bonds is 5. The standard InChI is InChI=1S/C13H21NOS/c1-5-14-13(9-16(4)15)12-7-6-10(2)8-11(12)3/h6-8,13-14H,5,9H2,1-4H3. The molecule has 3 heteroatoms. The van der Waals surface area contributed by atoms with Gasteiger partial charge in [0.05, 0.1) is 0 Å². The van der Waals surface area contributed by atoms with E-state index in [1.807, 2.05) is 0 Å². The molecule has 1 rings (SSSR count). The molecule has 0 amide bonds. The van der Waals surface area contributed by atoms with Crippen LogP contribution in [0.5, 0.6) is 0 Å². The maximum absolute atomic E-state index is 11.4. The SMILES string of the molecule is CCNC(CS(C)=O)c1ccc(C)cc1C. The lowest BCUT2D eigenvalue weighted by Crippen LogP contribution is -2.26. The predicted molar refractivity (Wildman–Crippen MR) is 71.3 cm³/mol.